The van der Waals surface area contributed by atoms with E-state index in [9.17, 15) is 8.42 Å². The molecule has 3 nitrogen and oxygen atoms in total. The van der Waals surface area contributed by atoms with Crippen molar-refractivity contribution in [3.8, 4) is 0 Å². The molecule has 0 aliphatic rings. The van der Waals surface area contributed by atoms with E-state index in [2.05, 4.69) is 20.7 Å². The molecule has 0 radical (unpaired) electrons. The minimum Gasteiger partial charge on any atom is -0.211 e. The Balaban J connectivity index is 2.82. The molecule has 0 saturated carbocycles. The van der Waals surface area contributed by atoms with E-state index in [1.165, 1.54) is 0 Å². The van der Waals surface area contributed by atoms with Crippen LogP contribution in [0.5, 0.6) is 0 Å². The maximum atomic E-state index is 11.2. The SMILES string of the molecule is C[C@H](NS(=O)(=O)CCl)c1cccc(Br)c1. The molecular weight excluding hydrogens is 302 g/mol. The molecule has 0 aliphatic heterocycles. The molecule has 0 amide bonds. The van der Waals surface area contributed by atoms with Crippen molar-refractivity contribution in [2.24, 2.45) is 0 Å². The van der Waals surface area contributed by atoms with Gasteiger partial charge in [-0.25, -0.2) is 13.1 Å². The molecule has 0 spiro atoms. The summed E-state index contributed by atoms with van der Waals surface area (Å²) in [6.07, 6.45) is 0. The minimum atomic E-state index is -3.38. The second-order valence-electron chi connectivity index (χ2n) is 3.12. The van der Waals surface area contributed by atoms with Crippen molar-refractivity contribution in [3.63, 3.8) is 0 Å². The van der Waals surface area contributed by atoms with E-state index in [4.69, 9.17) is 11.6 Å². The van der Waals surface area contributed by atoms with E-state index < -0.39 is 15.2 Å². The molecule has 0 bridgehead atoms. The van der Waals surface area contributed by atoms with Crippen LogP contribution in [0.15, 0.2) is 28.7 Å². The molecule has 0 aromatic heterocycles. The summed E-state index contributed by atoms with van der Waals surface area (Å²) < 4.78 is 25.8. The lowest BCUT2D eigenvalue weighted by molar-refractivity contribution is 0.571. The molecule has 1 aromatic carbocycles. The van der Waals surface area contributed by atoms with Crippen LogP contribution in [0.3, 0.4) is 0 Å². The third-order valence-corrected chi connectivity index (χ3v) is 4.20. The van der Waals surface area contributed by atoms with Gasteiger partial charge in [-0.05, 0) is 24.6 Å². The zero-order valence-electron chi connectivity index (χ0n) is 8.07. The van der Waals surface area contributed by atoms with Gasteiger partial charge in [0.1, 0.15) is 5.21 Å². The van der Waals surface area contributed by atoms with Crippen LogP contribution >= 0.6 is 27.5 Å². The maximum Gasteiger partial charge on any atom is 0.226 e. The lowest BCUT2D eigenvalue weighted by atomic mass is 10.1. The lowest BCUT2D eigenvalue weighted by Crippen LogP contribution is -2.27. The van der Waals surface area contributed by atoms with E-state index in [0.717, 1.165) is 10.0 Å². The molecule has 0 unspecified atom stereocenters. The number of hydrogen-bond donors (Lipinski definition) is 1. The highest BCUT2D eigenvalue weighted by Crippen LogP contribution is 2.18. The molecule has 0 heterocycles. The average Bonchev–Trinajstić information content (AvgIpc) is 2.17. The number of halogens is 2. The van der Waals surface area contributed by atoms with E-state index in [0.29, 0.717) is 0 Å². The first-order valence-corrected chi connectivity index (χ1v) is 7.24. The highest BCUT2D eigenvalue weighted by Gasteiger charge is 2.14. The summed E-state index contributed by atoms with van der Waals surface area (Å²) in [5.41, 5.74) is 0.887. The lowest BCUT2D eigenvalue weighted by Gasteiger charge is -2.13. The van der Waals surface area contributed by atoms with Gasteiger partial charge in [-0.3, -0.25) is 0 Å². The Kier molecular flexibility index (Phi) is 4.58. The van der Waals surface area contributed by atoms with Crippen LogP contribution in [0.1, 0.15) is 18.5 Å². The first-order valence-electron chi connectivity index (χ1n) is 4.26. The van der Waals surface area contributed by atoms with Gasteiger partial charge in [0.05, 0.1) is 0 Å². The van der Waals surface area contributed by atoms with Gasteiger partial charge in [-0.1, -0.05) is 28.1 Å². The fourth-order valence-corrected chi connectivity index (χ4v) is 2.49. The van der Waals surface area contributed by atoms with Gasteiger partial charge in [-0.2, -0.15) is 0 Å². The van der Waals surface area contributed by atoms with Gasteiger partial charge in [-0.15, -0.1) is 11.6 Å². The van der Waals surface area contributed by atoms with E-state index >= 15 is 0 Å². The van der Waals surface area contributed by atoms with E-state index in [-0.39, 0.29) is 6.04 Å². The average molecular weight is 313 g/mol. The summed E-state index contributed by atoms with van der Waals surface area (Å²) in [7, 11) is -3.38. The van der Waals surface area contributed by atoms with Crippen LogP contribution in [-0.4, -0.2) is 13.6 Å². The van der Waals surface area contributed by atoms with Crippen molar-refractivity contribution in [2.45, 2.75) is 13.0 Å². The minimum absolute atomic E-state index is 0.286. The van der Waals surface area contributed by atoms with Crippen LogP contribution in [0.2, 0.25) is 0 Å². The second-order valence-corrected chi connectivity index (χ2v) is 6.37. The Morgan fingerprint density at radius 2 is 2.20 bits per heavy atom. The summed E-state index contributed by atoms with van der Waals surface area (Å²) in [6, 6.07) is 7.16. The number of rotatable bonds is 4. The van der Waals surface area contributed by atoms with Crippen LogP contribution in [-0.2, 0) is 10.0 Å². The summed E-state index contributed by atoms with van der Waals surface area (Å²) in [4.78, 5) is 0. The first kappa shape index (κ1) is 13.0. The Morgan fingerprint density at radius 3 is 2.73 bits per heavy atom. The molecule has 0 saturated heterocycles. The molecule has 6 heteroatoms. The largest absolute Gasteiger partial charge is 0.226 e. The highest BCUT2D eigenvalue weighted by molar-refractivity contribution is 9.10. The van der Waals surface area contributed by atoms with Crippen LogP contribution < -0.4 is 4.72 Å². The molecule has 1 atom stereocenters. The van der Waals surface area contributed by atoms with Crippen molar-refractivity contribution in [1.29, 1.82) is 0 Å². The first-order chi connectivity index (χ1) is 6.94. The van der Waals surface area contributed by atoms with Crippen LogP contribution in [0.4, 0.5) is 0 Å². The van der Waals surface area contributed by atoms with Crippen molar-refractivity contribution in [1.82, 2.24) is 4.72 Å². The smallest absolute Gasteiger partial charge is 0.211 e. The van der Waals surface area contributed by atoms with Crippen molar-refractivity contribution in [2.75, 3.05) is 5.21 Å². The quantitative estimate of drug-likeness (QED) is 0.869. The molecule has 0 aliphatic carbocycles. The molecule has 84 valence electrons. The van der Waals surface area contributed by atoms with Crippen LogP contribution in [0, 0.1) is 0 Å². The zero-order chi connectivity index (χ0) is 11.5. The topological polar surface area (TPSA) is 46.2 Å². The van der Waals surface area contributed by atoms with Gasteiger partial charge in [0.2, 0.25) is 10.0 Å². The Labute approximate surface area is 103 Å². The third-order valence-electron chi connectivity index (χ3n) is 1.85. The Bertz CT molecular complexity index is 435. The number of hydrogen-bond acceptors (Lipinski definition) is 2. The van der Waals surface area contributed by atoms with E-state index in [1.54, 1.807) is 6.92 Å². The Hall–Kier alpha value is -0.100. The van der Waals surface area contributed by atoms with Crippen LogP contribution in [0.25, 0.3) is 0 Å². The van der Waals surface area contributed by atoms with Gasteiger partial charge in [0.25, 0.3) is 0 Å². The van der Waals surface area contributed by atoms with Gasteiger partial charge < -0.3 is 0 Å². The predicted octanol–water partition coefficient (Wildman–Crippen LogP) is 2.63. The molecule has 1 rings (SSSR count). The standard InChI is InChI=1S/C9H11BrClNO2S/c1-7(12-15(13,14)6-11)8-3-2-4-9(10)5-8/h2-5,7,12H,6H2,1H3/t7-/m0/s1. The number of nitrogens with one attached hydrogen (secondary N) is 1. The number of sulfonamides is 1. The predicted molar refractivity (Wildman–Crippen MR) is 65.3 cm³/mol. The molecular formula is C9H11BrClNO2S. The van der Waals surface area contributed by atoms with Crippen molar-refractivity contribution in [3.05, 3.63) is 34.3 Å². The third kappa shape index (κ3) is 4.10. The molecule has 1 N–H and O–H groups in total. The monoisotopic (exact) mass is 311 g/mol. The molecule has 15 heavy (non-hydrogen) atoms. The summed E-state index contributed by atoms with van der Waals surface area (Å²) in [5, 5.41) is -0.425. The fourth-order valence-electron chi connectivity index (χ4n) is 1.14. The highest BCUT2D eigenvalue weighted by atomic mass is 79.9. The number of benzene rings is 1. The Morgan fingerprint density at radius 1 is 1.53 bits per heavy atom. The van der Waals surface area contributed by atoms with Crippen molar-refractivity contribution >= 4 is 37.6 Å². The number of alkyl halides is 1. The summed E-state index contributed by atoms with van der Waals surface area (Å²) in [5.74, 6) is 0. The van der Waals surface area contributed by atoms with Crippen molar-refractivity contribution < 1.29 is 8.42 Å². The molecule has 0 fully saturated rings. The van der Waals surface area contributed by atoms with E-state index in [1.807, 2.05) is 24.3 Å². The maximum absolute atomic E-state index is 11.2. The van der Waals surface area contributed by atoms with Gasteiger partial charge >= 0.3 is 0 Å². The van der Waals surface area contributed by atoms with Gasteiger partial charge in [0, 0.05) is 10.5 Å². The summed E-state index contributed by atoms with van der Waals surface area (Å²) >= 11 is 8.62. The normalized spacial score (nSPS) is 13.8. The van der Waals surface area contributed by atoms with Gasteiger partial charge in [0.15, 0.2) is 0 Å². The summed E-state index contributed by atoms with van der Waals surface area (Å²) in [6.45, 7) is 1.77. The zero-order valence-corrected chi connectivity index (χ0v) is 11.2. The molecule has 1 aromatic rings. The second kappa shape index (κ2) is 5.30. The fraction of sp³-hybridized carbons (Fsp3) is 0.333.